The van der Waals surface area contributed by atoms with Gasteiger partial charge in [-0.2, -0.15) is 0 Å². The summed E-state index contributed by atoms with van der Waals surface area (Å²) in [5, 5.41) is 0. The Balaban J connectivity index is 3.58. The molecule has 1 atom stereocenters. The van der Waals surface area contributed by atoms with Gasteiger partial charge in [-0.25, -0.2) is 0 Å². The smallest absolute Gasteiger partial charge is 0.315 e. The van der Waals surface area contributed by atoms with Crippen LogP contribution in [0.2, 0.25) is 0 Å². The molecule has 0 radical (unpaired) electrons. The molecule has 0 amide bonds. The number of methoxy groups -OCH3 is 1. The molecule has 0 aromatic heterocycles. The summed E-state index contributed by atoms with van der Waals surface area (Å²) < 4.78 is 9.24. The van der Waals surface area contributed by atoms with Crippen molar-refractivity contribution in [3.05, 3.63) is 12.8 Å². The third kappa shape index (κ3) is 3.25. The number of ether oxygens (including phenoxy) is 2. The fraction of sp³-hybridized carbons (Fsp3) is 0.571. The Bertz CT molecular complexity index is 120. The zero-order valence-electron chi connectivity index (χ0n) is 6.29. The summed E-state index contributed by atoms with van der Waals surface area (Å²) in [6.07, 6.45) is 1.12. The molecule has 0 rings (SSSR count). The first-order valence-corrected chi connectivity index (χ1v) is 3.02. The highest BCUT2D eigenvalue weighted by molar-refractivity contribution is 5.72. The summed E-state index contributed by atoms with van der Waals surface area (Å²) in [5.41, 5.74) is 0. The molecule has 0 aromatic rings. The van der Waals surface area contributed by atoms with Crippen molar-refractivity contribution in [3.8, 4) is 0 Å². The van der Waals surface area contributed by atoms with E-state index < -0.39 is 0 Å². The molecule has 1 unspecified atom stereocenters. The summed E-state index contributed by atoms with van der Waals surface area (Å²) >= 11 is 0. The topological polar surface area (TPSA) is 35.5 Å². The van der Waals surface area contributed by atoms with Gasteiger partial charge >= 0.3 is 5.97 Å². The van der Waals surface area contributed by atoms with Crippen molar-refractivity contribution >= 4 is 5.97 Å². The SMILES string of the molecule is C=COC(=O)C(C)COC. The minimum absolute atomic E-state index is 0.219. The second kappa shape index (κ2) is 4.99. The van der Waals surface area contributed by atoms with Crippen LogP contribution in [0.4, 0.5) is 0 Å². The molecule has 0 spiro atoms. The van der Waals surface area contributed by atoms with Gasteiger partial charge in [0.25, 0.3) is 0 Å². The Morgan fingerprint density at radius 2 is 2.40 bits per heavy atom. The van der Waals surface area contributed by atoms with Gasteiger partial charge in [-0.1, -0.05) is 6.58 Å². The molecule has 0 bridgehead atoms. The van der Waals surface area contributed by atoms with Crippen molar-refractivity contribution in [2.75, 3.05) is 13.7 Å². The highest BCUT2D eigenvalue weighted by Crippen LogP contribution is 1.97. The molecule has 0 aliphatic heterocycles. The highest BCUT2D eigenvalue weighted by atomic mass is 16.5. The van der Waals surface area contributed by atoms with Crippen LogP contribution in [-0.4, -0.2) is 19.7 Å². The molecule has 0 N–H and O–H groups in total. The van der Waals surface area contributed by atoms with Crippen LogP contribution < -0.4 is 0 Å². The van der Waals surface area contributed by atoms with Gasteiger partial charge in [0.05, 0.1) is 18.8 Å². The van der Waals surface area contributed by atoms with E-state index in [0.717, 1.165) is 6.26 Å². The molecule has 0 saturated heterocycles. The second-order valence-corrected chi connectivity index (χ2v) is 1.96. The summed E-state index contributed by atoms with van der Waals surface area (Å²) in [6.45, 7) is 5.37. The largest absolute Gasteiger partial charge is 0.435 e. The van der Waals surface area contributed by atoms with Gasteiger partial charge in [0.15, 0.2) is 0 Å². The zero-order chi connectivity index (χ0) is 7.98. The third-order valence-electron chi connectivity index (χ3n) is 1.02. The minimum atomic E-state index is -0.308. The average Bonchev–Trinajstić information content (AvgIpc) is 1.89. The predicted molar refractivity (Wildman–Crippen MR) is 37.3 cm³/mol. The van der Waals surface area contributed by atoms with E-state index in [1.807, 2.05) is 0 Å². The normalized spacial score (nSPS) is 12.2. The third-order valence-corrected chi connectivity index (χ3v) is 1.02. The van der Waals surface area contributed by atoms with Crippen LogP contribution in [-0.2, 0) is 14.3 Å². The fourth-order valence-corrected chi connectivity index (χ4v) is 0.516. The van der Waals surface area contributed by atoms with E-state index in [9.17, 15) is 4.79 Å². The Hall–Kier alpha value is -0.830. The van der Waals surface area contributed by atoms with Gasteiger partial charge in [-0.05, 0) is 6.92 Å². The van der Waals surface area contributed by atoms with Crippen molar-refractivity contribution < 1.29 is 14.3 Å². The van der Waals surface area contributed by atoms with E-state index in [-0.39, 0.29) is 11.9 Å². The van der Waals surface area contributed by atoms with Crippen LogP contribution in [0.1, 0.15) is 6.92 Å². The molecule has 0 aliphatic rings. The van der Waals surface area contributed by atoms with Gasteiger partial charge in [-0.3, -0.25) is 4.79 Å². The summed E-state index contributed by atoms with van der Waals surface area (Å²) in [6, 6.07) is 0. The number of hydrogen-bond acceptors (Lipinski definition) is 3. The van der Waals surface area contributed by atoms with E-state index in [1.54, 1.807) is 6.92 Å². The quantitative estimate of drug-likeness (QED) is 0.435. The van der Waals surface area contributed by atoms with Crippen molar-refractivity contribution in [1.29, 1.82) is 0 Å². The molecule has 0 heterocycles. The molecule has 3 heteroatoms. The number of rotatable bonds is 4. The van der Waals surface area contributed by atoms with E-state index in [2.05, 4.69) is 11.3 Å². The van der Waals surface area contributed by atoms with E-state index in [0.29, 0.717) is 6.61 Å². The van der Waals surface area contributed by atoms with Crippen LogP contribution in [0, 0.1) is 5.92 Å². The Labute approximate surface area is 60.6 Å². The van der Waals surface area contributed by atoms with Gasteiger partial charge in [-0.15, -0.1) is 0 Å². The standard InChI is InChI=1S/C7H12O3/c1-4-10-7(8)6(2)5-9-3/h4,6H,1,5H2,2-3H3. The molecule has 58 valence electrons. The molecule has 0 saturated carbocycles. The Morgan fingerprint density at radius 3 is 2.80 bits per heavy atom. The molecule has 0 aromatic carbocycles. The lowest BCUT2D eigenvalue weighted by Gasteiger charge is -2.05. The van der Waals surface area contributed by atoms with Gasteiger partial charge in [0, 0.05) is 7.11 Å². The van der Waals surface area contributed by atoms with Crippen molar-refractivity contribution in [2.45, 2.75) is 6.92 Å². The summed E-state index contributed by atoms with van der Waals surface area (Å²) in [7, 11) is 1.54. The van der Waals surface area contributed by atoms with Crippen molar-refractivity contribution in [2.24, 2.45) is 5.92 Å². The van der Waals surface area contributed by atoms with Crippen molar-refractivity contribution in [1.82, 2.24) is 0 Å². The van der Waals surface area contributed by atoms with Crippen molar-refractivity contribution in [3.63, 3.8) is 0 Å². The number of hydrogen-bond donors (Lipinski definition) is 0. The highest BCUT2D eigenvalue weighted by Gasteiger charge is 2.11. The van der Waals surface area contributed by atoms with Gasteiger partial charge in [0.1, 0.15) is 0 Å². The van der Waals surface area contributed by atoms with Crippen LogP contribution in [0.5, 0.6) is 0 Å². The first-order valence-electron chi connectivity index (χ1n) is 3.02. The average molecular weight is 144 g/mol. The molecule has 0 fully saturated rings. The monoisotopic (exact) mass is 144 g/mol. The van der Waals surface area contributed by atoms with Crippen LogP contribution >= 0.6 is 0 Å². The lowest BCUT2D eigenvalue weighted by atomic mass is 10.2. The maximum Gasteiger partial charge on any atom is 0.315 e. The van der Waals surface area contributed by atoms with E-state index in [4.69, 9.17) is 4.74 Å². The van der Waals surface area contributed by atoms with Crippen LogP contribution in [0.15, 0.2) is 12.8 Å². The van der Waals surface area contributed by atoms with E-state index in [1.165, 1.54) is 7.11 Å². The molecule has 0 aliphatic carbocycles. The first-order chi connectivity index (χ1) is 4.72. The minimum Gasteiger partial charge on any atom is -0.435 e. The maximum atomic E-state index is 10.8. The lowest BCUT2D eigenvalue weighted by molar-refractivity contribution is -0.143. The van der Waals surface area contributed by atoms with Gasteiger partial charge in [0.2, 0.25) is 0 Å². The van der Waals surface area contributed by atoms with Crippen LogP contribution in [0.25, 0.3) is 0 Å². The number of esters is 1. The number of carbonyl (C=O) groups is 1. The number of carbonyl (C=O) groups excluding carboxylic acids is 1. The lowest BCUT2D eigenvalue weighted by Crippen LogP contribution is -2.16. The molecule has 3 nitrogen and oxygen atoms in total. The Morgan fingerprint density at radius 1 is 1.80 bits per heavy atom. The van der Waals surface area contributed by atoms with Crippen LogP contribution in [0.3, 0.4) is 0 Å². The summed E-state index contributed by atoms with van der Waals surface area (Å²) in [5.74, 6) is -0.528. The zero-order valence-corrected chi connectivity index (χ0v) is 6.29. The summed E-state index contributed by atoms with van der Waals surface area (Å²) in [4.78, 5) is 10.8. The molecule has 10 heavy (non-hydrogen) atoms. The second-order valence-electron chi connectivity index (χ2n) is 1.96. The van der Waals surface area contributed by atoms with E-state index >= 15 is 0 Å². The first kappa shape index (κ1) is 9.17. The maximum absolute atomic E-state index is 10.8. The fourth-order valence-electron chi connectivity index (χ4n) is 0.516. The molecular formula is C7H12O3. The molecular weight excluding hydrogens is 132 g/mol. The Kier molecular flexibility index (Phi) is 4.58. The predicted octanol–water partition coefficient (Wildman–Crippen LogP) is 0.956. The van der Waals surface area contributed by atoms with Gasteiger partial charge < -0.3 is 9.47 Å².